The number of carbonyl (C=O) groups excluding carboxylic acids is 1. The maximum Gasteiger partial charge on any atom is 0.410 e. The van der Waals surface area contributed by atoms with Crippen LogP contribution in [0.1, 0.15) is 25.3 Å². The molecular formula is C14H16F3NO3S. The number of hydrogen-bond acceptors (Lipinski definition) is 3. The lowest BCUT2D eigenvalue weighted by Gasteiger charge is -2.46. The van der Waals surface area contributed by atoms with Crippen molar-refractivity contribution in [1.82, 2.24) is 4.31 Å². The van der Waals surface area contributed by atoms with E-state index in [-0.39, 0.29) is 15.6 Å². The Labute approximate surface area is 127 Å². The van der Waals surface area contributed by atoms with Crippen molar-refractivity contribution in [2.24, 2.45) is 5.92 Å². The van der Waals surface area contributed by atoms with Crippen molar-refractivity contribution >= 4 is 15.9 Å². The maximum absolute atomic E-state index is 13.1. The average Bonchev–Trinajstić information content (AvgIpc) is 2.40. The molecule has 2 rings (SSSR count). The normalized spacial score (nSPS) is 22.6. The molecule has 0 aromatic heterocycles. The monoisotopic (exact) mass is 335 g/mol. The van der Waals surface area contributed by atoms with Gasteiger partial charge in [0.05, 0.1) is 10.8 Å². The second-order valence-corrected chi connectivity index (χ2v) is 7.15. The van der Waals surface area contributed by atoms with Gasteiger partial charge in [0.2, 0.25) is 5.91 Å². The van der Waals surface area contributed by atoms with Crippen molar-refractivity contribution in [3.05, 3.63) is 29.8 Å². The third kappa shape index (κ3) is 2.71. The smallest absolute Gasteiger partial charge is 0.273 e. The Morgan fingerprint density at radius 2 is 1.73 bits per heavy atom. The minimum Gasteiger partial charge on any atom is -0.273 e. The summed E-state index contributed by atoms with van der Waals surface area (Å²) in [5.41, 5.74) is 0.769. The predicted octanol–water partition coefficient (Wildman–Crippen LogP) is 2.87. The SMILES string of the molecule is CCC[C@H]1C(=O)N(S(=O)(=O)c2ccc(C)cc2)[C@@H]1C(F)(F)F. The molecule has 22 heavy (non-hydrogen) atoms. The van der Waals surface area contributed by atoms with Gasteiger partial charge in [-0.2, -0.15) is 13.2 Å². The molecule has 0 N–H and O–H groups in total. The molecule has 4 nitrogen and oxygen atoms in total. The van der Waals surface area contributed by atoms with Gasteiger partial charge in [0.15, 0.2) is 6.04 Å². The number of hydrogen-bond donors (Lipinski definition) is 0. The summed E-state index contributed by atoms with van der Waals surface area (Å²) in [6, 6.07) is 3.09. The number of halogens is 3. The molecule has 0 saturated carbocycles. The molecule has 1 aliphatic rings. The Kier molecular flexibility index (Phi) is 4.25. The first-order valence-corrected chi connectivity index (χ1v) is 8.26. The third-order valence-corrected chi connectivity index (χ3v) is 5.47. The van der Waals surface area contributed by atoms with Gasteiger partial charge in [0.1, 0.15) is 0 Å². The van der Waals surface area contributed by atoms with Crippen molar-refractivity contribution in [1.29, 1.82) is 0 Å². The molecule has 1 aromatic carbocycles. The number of sulfonamides is 1. The molecular weight excluding hydrogens is 319 g/mol. The topological polar surface area (TPSA) is 54.5 Å². The first-order valence-electron chi connectivity index (χ1n) is 6.82. The summed E-state index contributed by atoms with van der Waals surface area (Å²) in [6.07, 6.45) is -4.38. The van der Waals surface area contributed by atoms with Crippen LogP contribution < -0.4 is 0 Å². The van der Waals surface area contributed by atoms with E-state index in [2.05, 4.69) is 0 Å². The number of benzene rings is 1. The van der Waals surface area contributed by atoms with E-state index in [9.17, 15) is 26.4 Å². The maximum atomic E-state index is 13.1. The zero-order chi connectivity index (χ0) is 16.7. The Morgan fingerprint density at radius 1 is 1.18 bits per heavy atom. The minimum atomic E-state index is -4.77. The van der Waals surface area contributed by atoms with E-state index in [1.165, 1.54) is 24.3 Å². The quantitative estimate of drug-likeness (QED) is 0.795. The van der Waals surface area contributed by atoms with E-state index >= 15 is 0 Å². The van der Waals surface area contributed by atoms with Crippen LogP contribution in [-0.4, -0.2) is 30.8 Å². The molecule has 1 saturated heterocycles. The number of rotatable bonds is 4. The second kappa shape index (κ2) is 5.57. The molecule has 0 bridgehead atoms. The number of aryl methyl sites for hydroxylation is 1. The van der Waals surface area contributed by atoms with Crippen molar-refractivity contribution in [3.63, 3.8) is 0 Å². The largest absolute Gasteiger partial charge is 0.410 e. The molecule has 8 heteroatoms. The molecule has 0 aliphatic carbocycles. The molecule has 0 spiro atoms. The fraction of sp³-hybridized carbons (Fsp3) is 0.500. The van der Waals surface area contributed by atoms with E-state index in [0.29, 0.717) is 6.42 Å². The van der Waals surface area contributed by atoms with Crippen LogP contribution in [0.25, 0.3) is 0 Å². The van der Waals surface area contributed by atoms with Gasteiger partial charge in [-0.25, -0.2) is 12.7 Å². The lowest BCUT2D eigenvalue weighted by molar-refractivity contribution is -0.215. The summed E-state index contributed by atoms with van der Waals surface area (Å²) in [5, 5.41) is 0. The highest BCUT2D eigenvalue weighted by Crippen LogP contribution is 2.44. The zero-order valence-corrected chi connectivity index (χ0v) is 12.9. The summed E-state index contributed by atoms with van der Waals surface area (Å²) >= 11 is 0. The molecule has 1 heterocycles. The van der Waals surface area contributed by atoms with E-state index in [1.807, 2.05) is 0 Å². The van der Waals surface area contributed by atoms with Crippen LogP contribution in [0.3, 0.4) is 0 Å². The third-order valence-electron chi connectivity index (χ3n) is 3.68. The van der Waals surface area contributed by atoms with E-state index < -0.39 is 34.1 Å². The number of amides is 1. The summed E-state index contributed by atoms with van der Waals surface area (Å²) in [4.78, 5) is 11.6. The zero-order valence-electron chi connectivity index (χ0n) is 12.1. The van der Waals surface area contributed by atoms with Crippen LogP contribution in [0, 0.1) is 12.8 Å². The summed E-state index contributed by atoms with van der Waals surface area (Å²) in [6.45, 7) is 3.37. The highest BCUT2D eigenvalue weighted by atomic mass is 32.2. The van der Waals surface area contributed by atoms with Gasteiger partial charge in [0, 0.05) is 0 Å². The fourth-order valence-electron chi connectivity index (χ4n) is 2.56. The minimum absolute atomic E-state index is 0.0159. The van der Waals surface area contributed by atoms with Gasteiger partial charge in [-0.15, -0.1) is 0 Å². The first kappa shape index (κ1) is 16.8. The van der Waals surface area contributed by atoms with E-state index in [0.717, 1.165) is 5.56 Å². The predicted molar refractivity (Wildman–Crippen MR) is 73.5 cm³/mol. The van der Waals surface area contributed by atoms with Gasteiger partial charge >= 0.3 is 6.18 Å². The summed E-state index contributed by atoms with van der Waals surface area (Å²) in [7, 11) is -4.49. The number of nitrogens with zero attached hydrogens (tertiary/aromatic N) is 1. The molecule has 0 unspecified atom stereocenters. The van der Waals surface area contributed by atoms with Crippen LogP contribution in [0.2, 0.25) is 0 Å². The van der Waals surface area contributed by atoms with Crippen molar-refractivity contribution in [2.45, 2.75) is 43.8 Å². The second-order valence-electron chi connectivity index (χ2n) is 5.33. The van der Waals surface area contributed by atoms with Crippen LogP contribution in [0.5, 0.6) is 0 Å². The molecule has 1 aliphatic heterocycles. The number of alkyl halides is 3. The Balaban J connectivity index is 2.41. The van der Waals surface area contributed by atoms with Gasteiger partial charge in [-0.05, 0) is 25.5 Å². The molecule has 1 fully saturated rings. The lowest BCUT2D eigenvalue weighted by Crippen LogP contribution is -2.68. The molecule has 0 radical (unpaired) electrons. The van der Waals surface area contributed by atoms with Gasteiger partial charge < -0.3 is 0 Å². The van der Waals surface area contributed by atoms with Gasteiger partial charge in [-0.3, -0.25) is 4.79 Å². The van der Waals surface area contributed by atoms with Crippen molar-refractivity contribution in [2.75, 3.05) is 0 Å². The standard InChI is InChI=1S/C14H16F3NO3S/c1-3-4-11-12(14(15,16)17)18(13(11)19)22(20,21)10-7-5-9(2)6-8-10/h5-8,11-12H,3-4H2,1-2H3/t11-,12+/m1/s1. The van der Waals surface area contributed by atoms with E-state index in [4.69, 9.17) is 0 Å². The van der Waals surface area contributed by atoms with Crippen LogP contribution in [-0.2, 0) is 14.8 Å². The first-order chi connectivity index (χ1) is 10.1. The summed E-state index contributed by atoms with van der Waals surface area (Å²) < 4.78 is 64.1. The Hall–Kier alpha value is -1.57. The van der Waals surface area contributed by atoms with Gasteiger partial charge in [-0.1, -0.05) is 31.0 Å². The summed E-state index contributed by atoms with van der Waals surface area (Å²) in [5.74, 6) is -2.30. The molecule has 122 valence electrons. The highest BCUT2D eigenvalue weighted by molar-refractivity contribution is 7.89. The Bertz CT molecular complexity index is 668. The highest BCUT2D eigenvalue weighted by Gasteiger charge is 2.64. The van der Waals surface area contributed by atoms with Crippen LogP contribution >= 0.6 is 0 Å². The van der Waals surface area contributed by atoms with Crippen molar-refractivity contribution in [3.8, 4) is 0 Å². The fourth-order valence-corrected chi connectivity index (χ4v) is 4.21. The average molecular weight is 335 g/mol. The van der Waals surface area contributed by atoms with Crippen molar-refractivity contribution < 1.29 is 26.4 Å². The van der Waals surface area contributed by atoms with E-state index in [1.54, 1.807) is 13.8 Å². The van der Waals surface area contributed by atoms with Gasteiger partial charge in [0.25, 0.3) is 10.0 Å². The number of carbonyl (C=O) groups is 1. The molecule has 2 atom stereocenters. The lowest BCUT2D eigenvalue weighted by atomic mass is 9.86. The Morgan fingerprint density at radius 3 is 2.18 bits per heavy atom. The number of β-lactam (4-membered cyclic amide) rings is 1. The van der Waals surface area contributed by atoms with Crippen LogP contribution in [0.15, 0.2) is 29.2 Å². The molecule has 1 amide bonds. The van der Waals surface area contributed by atoms with Crippen LogP contribution in [0.4, 0.5) is 13.2 Å². The molecule has 1 aromatic rings.